The van der Waals surface area contributed by atoms with Crippen LogP contribution in [0.4, 0.5) is 0 Å². The Morgan fingerprint density at radius 2 is 1.30 bits per heavy atom. The van der Waals surface area contributed by atoms with E-state index in [0.29, 0.717) is 16.4 Å². The van der Waals surface area contributed by atoms with Gasteiger partial charge in [0.15, 0.2) is 0 Å². The minimum absolute atomic E-state index is 0.117. The normalized spacial score (nSPS) is 20.3. The highest BCUT2D eigenvalue weighted by Crippen LogP contribution is 2.43. The molecule has 2 fully saturated rings. The second kappa shape index (κ2) is 16.4. The van der Waals surface area contributed by atoms with Gasteiger partial charge in [0.2, 0.25) is 20.0 Å². The van der Waals surface area contributed by atoms with Crippen molar-refractivity contribution in [2.75, 3.05) is 0 Å². The zero-order valence-corrected chi connectivity index (χ0v) is 29.7. The number of hydrogen-bond acceptors (Lipinski definition) is 4. The molecule has 2 saturated carbocycles. The standard InChI is InChI=1S/C17H23NO2S.C11H18.C6H6INO2S/c1-17(2)11-10-15(13-17)7-4-3-6-14-8-5-9-16(12-14)21(18,19)20;1-4-5-6-10-7-8-11(2,3)9-10;7-5-2-1-3-6(4-5)11(8,9)10/h5,8-9,12,15H,4,7,10-11,13H2,1-2H3,(H2,18,19,20);1,10H,5-9H2,2-3H3;1-4H,(H2,8,9,10). The van der Waals surface area contributed by atoms with Crippen molar-refractivity contribution in [3.63, 3.8) is 0 Å². The van der Waals surface area contributed by atoms with Gasteiger partial charge < -0.3 is 0 Å². The summed E-state index contributed by atoms with van der Waals surface area (Å²) >= 11 is 2.03. The minimum atomic E-state index is -3.65. The number of nitrogens with two attached hydrogens (primary N) is 2. The first-order valence-electron chi connectivity index (χ1n) is 14.7. The average molecular weight is 739 g/mol. The lowest BCUT2D eigenvalue weighted by Gasteiger charge is -2.16. The molecule has 2 aliphatic rings. The van der Waals surface area contributed by atoms with Crippen LogP contribution in [0.1, 0.15) is 97.5 Å². The molecule has 2 unspecified atom stereocenters. The lowest BCUT2D eigenvalue weighted by atomic mass is 9.89. The molecule has 0 heterocycles. The van der Waals surface area contributed by atoms with Gasteiger partial charge in [-0.3, -0.25) is 0 Å². The van der Waals surface area contributed by atoms with Crippen LogP contribution in [0.25, 0.3) is 0 Å². The Bertz CT molecular complexity index is 1530. The fourth-order valence-electron chi connectivity index (χ4n) is 5.78. The van der Waals surface area contributed by atoms with E-state index in [1.165, 1.54) is 69.2 Å². The Kier molecular flexibility index (Phi) is 14.3. The van der Waals surface area contributed by atoms with E-state index < -0.39 is 20.0 Å². The van der Waals surface area contributed by atoms with Gasteiger partial charge in [-0.15, -0.1) is 12.3 Å². The first kappa shape index (κ1) is 37.3. The van der Waals surface area contributed by atoms with Gasteiger partial charge in [-0.05, 0) is 133 Å². The van der Waals surface area contributed by atoms with Crippen molar-refractivity contribution < 1.29 is 16.8 Å². The molecule has 2 atom stereocenters. The third-order valence-corrected chi connectivity index (χ3v) is 10.5. The highest BCUT2D eigenvalue weighted by Gasteiger charge is 2.30. The topological polar surface area (TPSA) is 120 Å². The quantitative estimate of drug-likeness (QED) is 0.236. The van der Waals surface area contributed by atoms with E-state index >= 15 is 0 Å². The smallest absolute Gasteiger partial charge is 0.225 e. The van der Waals surface area contributed by atoms with E-state index in [1.807, 2.05) is 22.6 Å². The largest absolute Gasteiger partial charge is 0.238 e. The highest BCUT2D eigenvalue weighted by molar-refractivity contribution is 14.1. The van der Waals surface area contributed by atoms with Crippen LogP contribution < -0.4 is 10.3 Å². The van der Waals surface area contributed by atoms with Crippen molar-refractivity contribution in [3.8, 4) is 24.2 Å². The molecule has 0 aliphatic heterocycles. The van der Waals surface area contributed by atoms with Gasteiger partial charge in [-0.2, -0.15) is 0 Å². The third-order valence-electron chi connectivity index (χ3n) is 8.04. The molecule has 0 spiro atoms. The summed E-state index contributed by atoms with van der Waals surface area (Å²) < 4.78 is 44.9. The van der Waals surface area contributed by atoms with Crippen molar-refractivity contribution in [3.05, 3.63) is 57.7 Å². The van der Waals surface area contributed by atoms with E-state index in [4.69, 9.17) is 16.7 Å². The Balaban J connectivity index is 0.000000247. The van der Waals surface area contributed by atoms with Gasteiger partial charge in [0.05, 0.1) is 9.79 Å². The second-order valence-electron chi connectivity index (χ2n) is 13.2. The fourth-order valence-corrected chi connectivity index (χ4v) is 7.65. The van der Waals surface area contributed by atoms with Gasteiger partial charge in [-0.1, -0.05) is 51.7 Å². The van der Waals surface area contributed by atoms with Crippen LogP contribution in [-0.2, 0) is 20.0 Å². The minimum Gasteiger partial charge on any atom is -0.225 e. The highest BCUT2D eigenvalue weighted by atomic mass is 127. The number of sulfonamides is 2. The van der Waals surface area contributed by atoms with Crippen LogP contribution in [0.5, 0.6) is 0 Å². The SMILES string of the molecule is C#CCCC1CCC(C)(C)C1.CC1(C)CCC(CCC#Cc2cccc(S(N)(=O)=O)c2)C1.NS(=O)(=O)c1cccc(I)c1. The van der Waals surface area contributed by atoms with Crippen LogP contribution in [-0.4, -0.2) is 16.8 Å². The Morgan fingerprint density at radius 3 is 1.72 bits per heavy atom. The Hall–Kier alpha value is -1.89. The molecule has 2 aromatic carbocycles. The fraction of sp³-hybridized carbons (Fsp3) is 0.529. The van der Waals surface area contributed by atoms with E-state index in [-0.39, 0.29) is 9.79 Å². The molecule has 9 heteroatoms. The van der Waals surface area contributed by atoms with E-state index in [1.54, 1.807) is 24.3 Å². The average Bonchev–Trinajstić information content (AvgIpc) is 3.45. The summed E-state index contributed by atoms with van der Waals surface area (Å²) in [6.07, 6.45) is 17.5. The molecule has 0 saturated heterocycles. The van der Waals surface area contributed by atoms with E-state index in [0.717, 1.165) is 34.7 Å². The van der Waals surface area contributed by atoms with Gasteiger partial charge >= 0.3 is 0 Å². The number of primary sulfonamides is 2. The zero-order chi connectivity index (χ0) is 32.3. The van der Waals surface area contributed by atoms with E-state index in [9.17, 15) is 16.8 Å². The van der Waals surface area contributed by atoms with Crippen molar-refractivity contribution >= 4 is 42.6 Å². The number of halogens is 1. The molecule has 0 amide bonds. The summed E-state index contributed by atoms with van der Waals surface area (Å²) in [6, 6.07) is 12.9. The van der Waals surface area contributed by atoms with Gasteiger partial charge in [0, 0.05) is 22.0 Å². The number of benzene rings is 2. The van der Waals surface area contributed by atoms with Crippen LogP contribution in [0.3, 0.4) is 0 Å². The summed E-state index contributed by atoms with van der Waals surface area (Å²) in [7, 11) is -7.18. The molecule has 4 rings (SSSR count). The van der Waals surface area contributed by atoms with Crippen LogP contribution in [0.15, 0.2) is 58.3 Å². The molecule has 0 aromatic heterocycles. The zero-order valence-electron chi connectivity index (χ0n) is 25.9. The summed E-state index contributed by atoms with van der Waals surface area (Å²) in [5.74, 6) is 10.6. The number of hydrogen-bond donors (Lipinski definition) is 2. The first-order valence-corrected chi connectivity index (χ1v) is 18.9. The monoisotopic (exact) mass is 738 g/mol. The summed E-state index contributed by atoms with van der Waals surface area (Å²) in [6.45, 7) is 9.39. The maximum Gasteiger partial charge on any atom is 0.238 e. The Labute approximate surface area is 274 Å². The maximum atomic E-state index is 11.3. The van der Waals surface area contributed by atoms with Gasteiger partial charge in [0.1, 0.15) is 0 Å². The van der Waals surface area contributed by atoms with Crippen LogP contribution >= 0.6 is 22.6 Å². The molecule has 2 aliphatic carbocycles. The van der Waals surface area contributed by atoms with Crippen LogP contribution in [0.2, 0.25) is 0 Å². The molecule has 43 heavy (non-hydrogen) atoms. The summed E-state index contributed by atoms with van der Waals surface area (Å²) in [4.78, 5) is 0.274. The predicted octanol–water partition coefficient (Wildman–Crippen LogP) is 7.46. The van der Waals surface area contributed by atoms with E-state index in [2.05, 4.69) is 45.5 Å². The maximum absolute atomic E-state index is 11.3. The lowest BCUT2D eigenvalue weighted by molar-refractivity contribution is 0.355. The third kappa shape index (κ3) is 14.6. The summed E-state index contributed by atoms with van der Waals surface area (Å²) in [5.41, 5.74) is 1.79. The number of terminal acetylenes is 1. The van der Waals surface area contributed by atoms with Crippen molar-refractivity contribution in [1.29, 1.82) is 0 Å². The molecule has 4 N–H and O–H groups in total. The van der Waals surface area contributed by atoms with Crippen molar-refractivity contribution in [1.82, 2.24) is 0 Å². The summed E-state index contributed by atoms with van der Waals surface area (Å²) in [5, 5.41) is 10.0. The molecular weight excluding hydrogens is 691 g/mol. The second-order valence-corrected chi connectivity index (χ2v) is 17.6. The lowest BCUT2D eigenvalue weighted by Crippen LogP contribution is -2.11. The first-order chi connectivity index (χ1) is 19.9. The molecule has 236 valence electrons. The molecular formula is C34H47IN2O4S2. The molecule has 6 nitrogen and oxygen atoms in total. The van der Waals surface area contributed by atoms with Crippen molar-refractivity contribution in [2.45, 2.75) is 102 Å². The van der Waals surface area contributed by atoms with Crippen LogP contribution in [0, 0.1) is 50.4 Å². The molecule has 2 aromatic rings. The molecule has 0 radical (unpaired) electrons. The number of rotatable bonds is 6. The molecule has 0 bridgehead atoms. The van der Waals surface area contributed by atoms with Gasteiger partial charge in [0.25, 0.3) is 0 Å². The van der Waals surface area contributed by atoms with Crippen molar-refractivity contribution in [2.24, 2.45) is 32.9 Å². The van der Waals surface area contributed by atoms with Gasteiger partial charge in [-0.25, -0.2) is 27.1 Å². The predicted molar refractivity (Wildman–Crippen MR) is 185 cm³/mol. The Morgan fingerprint density at radius 1 is 0.814 bits per heavy atom.